The zero-order valence-electron chi connectivity index (χ0n) is 16.2. The Morgan fingerprint density at radius 2 is 1.38 bits per heavy atom. The summed E-state index contributed by atoms with van der Waals surface area (Å²) in [7, 11) is -3.93. The van der Waals surface area contributed by atoms with Gasteiger partial charge in [0.2, 0.25) is 10.0 Å². The van der Waals surface area contributed by atoms with Gasteiger partial charge in [0.25, 0.3) is 0 Å². The quantitative estimate of drug-likeness (QED) is 0.435. The number of sulfonamides is 1. The first-order valence-corrected chi connectivity index (χ1v) is 10.8. The minimum atomic E-state index is -3.93. The van der Waals surface area contributed by atoms with E-state index in [-0.39, 0.29) is 11.5 Å². The number of primary sulfonamides is 1. The summed E-state index contributed by atoms with van der Waals surface area (Å²) in [4.78, 5) is 0. The maximum absolute atomic E-state index is 11.3. The van der Waals surface area contributed by atoms with Crippen LogP contribution in [-0.2, 0) is 10.0 Å². The van der Waals surface area contributed by atoms with E-state index in [0.717, 1.165) is 38.5 Å². The molecule has 2 unspecified atom stereocenters. The molecule has 0 aromatic heterocycles. The Balaban J connectivity index is 4.13. The molecule has 0 saturated heterocycles. The molecular weight excluding hydrogens is 326 g/mol. The molecule has 0 amide bonds. The second kappa shape index (κ2) is 10.1. The minimum absolute atomic E-state index is 0.0573. The van der Waals surface area contributed by atoms with Crippen molar-refractivity contribution in [3.8, 4) is 0 Å². The Kier molecular flexibility index (Phi) is 10.0. The molecule has 0 aromatic rings. The minimum Gasteiger partial charge on any atom is -0.393 e. The highest BCUT2D eigenvalue weighted by Crippen LogP contribution is 2.32. The summed E-state index contributed by atoms with van der Waals surface area (Å²) in [5, 5.41) is 25.2. The van der Waals surface area contributed by atoms with Gasteiger partial charge in [0.15, 0.2) is 5.44 Å². The highest BCUT2D eigenvalue weighted by molar-refractivity contribution is 7.89. The van der Waals surface area contributed by atoms with Gasteiger partial charge >= 0.3 is 0 Å². The van der Waals surface area contributed by atoms with Crippen LogP contribution in [0, 0.1) is 10.8 Å². The molecule has 0 aliphatic carbocycles. The first-order valence-electron chi connectivity index (χ1n) is 9.22. The normalized spacial score (nSPS) is 16.2. The molecule has 146 valence electrons. The van der Waals surface area contributed by atoms with E-state index < -0.39 is 20.9 Å². The van der Waals surface area contributed by atoms with Gasteiger partial charge in [-0.15, -0.1) is 0 Å². The van der Waals surface area contributed by atoms with Crippen LogP contribution < -0.4 is 5.14 Å². The number of hydrogen-bond acceptors (Lipinski definition) is 4. The molecule has 6 heteroatoms. The second-order valence-electron chi connectivity index (χ2n) is 8.49. The van der Waals surface area contributed by atoms with Gasteiger partial charge in [0.1, 0.15) is 0 Å². The largest absolute Gasteiger partial charge is 0.393 e. The zero-order chi connectivity index (χ0) is 19.0. The fourth-order valence-corrected chi connectivity index (χ4v) is 4.06. The lowest BCUT2D eigenvalue weighted by molar-refractivity contribution is 0.0330. The molecule has 0 rings (SSSR count). The fourth-order valence-electron chi connectivity index (χ4n) is 3.05. The topological polar surface area (TPSA) is 101 Å². The number of rotatable bonds is 13. The molecule has 0 spiro atoms. The predicted octanol–water partition coefficient (Wildman–Crippen LogP) is 3.54. The summed E-state index contributed by atoms with van der Waals surface area (Å²) in [6, 6.07) is 0. The second-order valence-corrected chi connectivity index (χ2v) is 10.1. The van der Waals surface area contributed by atoms with Crippen molar-refractivity contribution in [3.63, 3.8) is 0 Å². The summed E-state index contributed by atoms with van der Waals surface area (Å²) < 4.78 is 22.5. The number of aliphatic hydroxyl groups excluding tert-OH is 2. The molecule has 0 aliphatic heterocycles. The van der Waals surface area contributed by atoms with Gasteiger partial charge in [-0.2, -0.15) is 0 Å². The van der Waals surface area contributed by atoms with Crippen LogP contribution in [0.4, 0.5) is 0 Å². The molecule has 0 radical (unpaired) electrons. The Bertz CT molecular complexity index is 446. The SMILES string of the molecule is CCCCCC(C)(C)C(O)CCCCCC(C)(C)C(O)S(N)(=O)=O. The Morgan fingerprint density at radius 1 is 0.875 bits per heavy atom. The van der Waals surface area contributed by atoms with E-state index >= 15 is 0 Å². The van der Waals surface area contributed by atoms with Crippen LogP contribution >= 0.6 is 0 Å². The van der Waals surface area contributed by atoms with Crippen molar-refractivity contribution in [1.29, 1.82) is 0 Å². The molecule has 0 bridgehead atoms. The average molecular weight is 366 g/mol. The van der Waals surface area contributed by atoms with Crippen molar-refractivity contribution in [2.75, 3.05) is 0 Å². The molecule has 0 aliphatic rings. The van der Waals surface area contributed by atoms with E-state index in [1.807, 2.05) is 0 Å². The van der Waals surface area contributed by atoms with Gasteiger partial charge in [-0.1, -0.05) is 73.1 Å². The Hall–Kier alpha value is -0.170. The van der Waals surface area contributed by atoms with E-state index in [9.17, 15) is 18.6 Å². The molecule has 4 N–H and O–H groups in total. The van der Waals surface area contributed by atoms with Crippen LogP contribution in [-0.4, -0.2) is 30.2 Å². The van der Waals surface area contributed by atoms with E-state index in [0.29, 0.717) is 6.42 Å². The van der Waals surface area contributed by atoms with E-state index in [2.05, 4.69) is 20.8 Å². The first kappa shape index (κ1) is 23.8. The van der Waals surface area contributed by atoms with Crippen LogP contribution in [0.25, 0.3) is 0 Å². The third kappa shape index (κ3) is 8.79. The first-order chi connectivity index (χ1) is 10.8. The summed E-state index contributed by atoms with van der Waals surface area (Å²) >= 11 is 0. The number of unbranched alkanes of at least 4 members (excludes halogenated alkanes) is 4. The monoisotopic (exact) mass is 365 g/mol. The van der Waals surface area contributed by atoms with E-state index in [4.69, 9.17) is 5.14 Å². The summed E-state index contributed by atoms with van der Waals surface area (Å²) in [5.41, 5.74) is -2.35. The van der Waals surface area contributed by atoms with E-state index in [1.165, 1.54) is 12.8 Å². The Morgan fingerprint density at radius 3 is 1.88 bits per heavy atom. The van der Waals surface area contributed by atoms with Crippen molar-refractivity contribution >= 4 is 10.0 Å². The lowest BCUT2D eigenvalue weighted by Crippen LogP contribution is -2.40. The number of hydrogen-bond donors (Lipinski definition) is 3. The molecule has 0 saturated carbocycles. The molecular formula is C18H39NO4S. The van der Waals surface area contributed by atoms with Crippen molar-refractivity contribution in [2.24, 2.45) is 16.0 Å². The lowest BCUT2D eigenvalue weighted by atomic mass is 9.79. The average Bonchev–Trinajstić information content (AvgIpc) is 2.44. The third-order valence-electron chi connectivity index (χ3n) is 5.11. The van der Waals surface area contributed by atoms with Gasteiger partial charge in [-0.05, 0) is 24.7 Å². The van der Waals surface area contributed by atoms with Crippen LogP contribution in [0.3, 0.4) is 0 Å². The Labute approximate surface area is 149 Å². The molecule has 2 atom stereocenters. The van der Waals surface area contributed by atoms with Gasteiger partial charge in [-0.3, -0.25) is 0 Å². The van der Waals surface area contributed by atoms with Crippen molar-refractivity contribution in [2.45, 2.75) is 104 Å². The van der Waals surface area contributed by atoms with Crippen LogP contribution in [0.15, 0.2) is 0 Å². The zero-order valence-corrected chi connectivity index (χ0v) is 17.0. The van der Waals surface area contributed by atoms with Crippen molar-refractivity contribution < 1.29 is 18.6 Å². The number of nitrogens with two attached hydrogens (primary N) is 1. The third-order valence-corrected chi connectivity index (χ3v) is 6.37. The maximum Gasteiger partial charge on any atom is 0.236 e. The highest BCUT2D eigenvalue weighted by atomic mass is 32.2. The fraction of sp³-hybridized carbons (Fsp3) is 1.00. The standard InChI is InChI=1S/C18H39NO4S/c1-6-7-10-13-17(2,3)15(20)12-9-8-11-14-18(4,5)16(21)24(19,22)23/h15-16,20-21H,6-14H2,1-5H3,(H2,19,22,23). The molecule has 0 fully saturated rings. The smallest absolute Gasteiger partial charge is 0.236 e. The summed E-state index contributed by atoms with van der Waals surface area (Å²) in [6.45, 7) is 9.86. The summed E-state index contributed by atoms with van der Waals surface area (Å²) in [6.07, 6.45) is 8.24. The van der Waals surface area contributed by atoms with Crippen LogP contribution in [0.2, 0.25) is 0 Å². The maximum atomic E-state index is 11.3. The molecule has 5 nitrogen and oxygen atoms in total. The van der Waals surface area contributed by atoms with Crippen LogP contribution in [0.5, 0.6) is 0 Å². The summed E-state index contributed by atoms with van der Waals surface area (Å²) in [5.74, 6) is 0. The van der Waals surface area contributed by atoms with Crippen molar-refractivity contribution in [3.05, 3.63) is 0 Å². The van der Waals surface area contributed by atoms with Gasteiger partial charge in [-0.25, -0.2) is 13.6 Å². The molecule has 24 heavy (non-hydrogen) atoms. The van der Waals surface area contributed by atoms with Gasteiger partial charge in [0.05, 0.1) is 6.10 Å². The van der Waals surface area contributed by atoms with E-state index in [1.54, 1.807) is 13.8 Å². The predicted molar refractivity (Wildman–Crippen MR) is 99.9 cm³/mol. The van der Waals surface area contributed by atoms with Gasteiger partial charge in [0, 0.05) is 5.41 Å². The van der Waals surface area contributed by atoms with Crippen LogP contribution in [0.1, 0.15) is 92.4 Å². The molecule has 0 heterocycles. The lowest BCUT2D eigenvalue weighted by Gasteiger charge is -2.31. The molecule has 0 aromatic carbocycles. The van der Waals surface area contributed by atoms with Gasteiger partial charge < -0.3 is 10.2 Å². The van der Waals surface area contributed by atoms with Crippen molar-refractivity contribution in [1.82, 2.24) is 0 Å². The highest BCUT2D eigenvalue weighted by Gasteiger charge is 2.35. The number of aliphatic hydroxyl groups is 2.